The second kappa shape index (κ2) is 13.6. The number of nitrogens with two attached hydrogens (primary N) is 1. The number of primary amides is 1. The van der Waals surface area contributed by atoms with Crippen molar-refractivity contribution >= 4 is 11.8 Å². The molecule has 0 radical (unpaired) electrons. The van der Waals surface area contributed by atoms with Crippen molar-refractivity contribution in [3.05, 3.63) is 0 Å². The third-order valence-electron chi connectivity index (χ3n) is 4.31. The van der Waals surface area contributed by atoms with Crippen molar-refractivity contribution in [3.8, 4) is 0 Å². The van der Waals surface area contributed by atoms with E-state index < -0.39 is 5.41 Å². The highest BCUT2D eigenvalue weighted by atomic mass is 16.2. The van der Waals surface area contributed by atoms with Crippen LogP contribution in [0.25, 0.3) is 0 Å². The summed E-state index contributed by atoms with van der Waals surface area (Å²) in [5, 5.41) is 2.70. The standard InChI is InChI=1S/C14H26N2O2.2C2H6/c1-3-4-5-8-11(12(17)16-2)14(13(15)18)9-6-7-10-14;2*1-2/h11H,3-10H2,1-2H3,(H2,15,18)(H,16,17);2*1-2H3/t11-;;/m0../s1. The van der Waals surface area contributed by atoms with Crippen LogP contribution >= 0.6 is 0 Å². The van der Waals surface area contributed by atoms with E-state index in [1.54, 1.807) is 7.05 Å². The Kier molecular flexibility index (Phi) is 14.3. The first-order valence-electron chi connectivity index (χ1n) is 9.10. The molecule has 1 saturated carbocycles. The molecule has 0 unspecified atom stereocenters. The minimum Gasteiger partial charge on any atom is -0.369 e. The molecular weight excluding hydrogens is 276 g/mol. The Hall–Kier alpha value is -1.06. The predicted octanol–water partition coefficient (Wildman–Crippen LogP) is 4.03. The van der Waals surface area contributed by atoms with Gasteiger partial charge in [-0.05, 0) is 19.3 Å². The lowest BCUT2D eigenvalue weighted by atomic mass is 9.70. The van der Waals surface area contributed by atoms with Gasteiger partial charge in [-0.1, -0.05) is 66.7 Å². The molecular formula is C18H38N2O2. The molecule has 0 aliphatic heterocycles. The molecule has 2 amide bonds. The fourth-order valence-electron chi connectivity index (χ4n) is 3.20. The highest BCUT2D eigenvalue weighted by Gasteiger charge is 2.48. The van der Waals surface area contributed by atoms with E-state index in [-0.39, 0.29) is 17.7 Å². The number of carbonyl (C=O) groups is 2. The van der Waals surface area contributed by atoms with Crippen LogP contribution < -0.4 is 11.1 Å². The van der Waals surface area contributed by atoms with Crippen LogP contribution in [0.15, 0.2) is 0 Å². The van der Waals surface area contributed by atoms with Crippen LogP contribution in [-0.4, -0.2) is 18.9 Å². The van der Waals surface area contributed by atoms with Crippen molar-refractivity contribution in [3.63, 3.8) is 0 Å². The number of carbonyl (C=O) groups excluding carboxylic acids is 2. The summed E-state index contributed by atoms with van der Waals surface area (Å²) in [6.45, 7) is 10.1. The molecule has 1 aliphatic rings. The number of amides is 2. The van der Waals surface area contributed by atoms with Gasteiger partial charge in [0.2, 0.25) is 11.8 Å². The van der Waals surface area contributed by atoms with Crippen molar-refractivity contribution in [2.45, 2.75) is 86.0 Å². The molecule has 22 heavy (non-hydrogen) atoms. The zero-order chi connectivity index (χ0) is 17.6. The summed E-state index contributed by atoms with van der Waals surface area (Å²) < 4.78 is 0. The fraction of sp³-hybridized carbons (Fsp3) is 0.889. The molecule has 0 aromatic heterocycles. The molecule has 0 heterocycles. The van der Waals surface area contributed by atoms with Gasteiger partial charge >= 0.3 is 0 Å². The summed E-state index contributed by atoms with van der Waals surface area (Å²) in [6, 6.07) is 0. The molecule has 0 aromatic rings. The van der Waals surface area contributed by atoms with Crippen molar-refractivity contribution in [1.29, 1.82) is 0 Å². The zero-order valence-electron chi connectivity index (χ0n) is 15.6. The molecule has 0 aromatic carbocycles. The van der Waals surface area contributed by atoms with Crippen molar-refractivity contribution in [2.24, 2.45) is 17.1 Å². The second-order valence-corrected chi connectivity index (χ2v) is 5.39. The Balaban J connectivity index is 0. The van der Waals surface area contributed by atoms with Gasteiger partial charge in [-0.25, -0.2) is 0 Å². The minimum atomic E-state index is -0.589. The van der Waals surface area contributed by atoms with Crippen LogP contribution in [0.1, 0.15) is 86.0 Å². The summed E-state index contributed by atoms with van der Waals surface area (Å²) in [5.41, 5.74) is 5.02. The van der Waals surface area contributed by atoms with Crippen LogP contribution in [0.3, 0.4) is 0 Å². The fourth-order valence-corrected chi connectivity index (χ4v) is 3.20. The quantitative estimate of drug-likeness (QED) is 0.696. The van der Waals surface area contributed by atoms with E-state index in [2.05, 4.69) is 12.2 Å². The van der Waals surface area contributed by atoms with E-state index >= 15 is 0 Å². The predicted molar refractivity (Wildman–Crippen MR) is 94.5 cm³/mol. The molecule has 0 spiro atoms. The molecule has 1 rings (SSSR count). The first-order chi connectivity index (χ1) is 10.6. The third-order valence-corrected chi connectivity index (χ3v) is 4.31. The van der Waals surface area contributed by atoms with Gasteiger partial charge in [-0.15, -0.1) is 0 Å². The Labute approximate surface area is 137 Å². The van der Waals surface area contributed by atoms with Gasteiger partial charge in [0.05, 0.1) is 11.3 Å². The Morgan fingerprint density at radius 3 is 1.95 bits per heavy atom. The van der Waals surface area contributed by atoms with E-state index in [0.29, 0.717) is 0 Å². The summed E-state index contributed by atoms with van der Waals surface area (Å²) in [5.74, 6) is -0.550. The highest BCUT2D eigenvalue weighted by Crippen LogP contribution is 2.46. The zero-order valence-corrected chi connectivity index (χ0v) is 15.6. The monoisotopic (exact) mass is 314 g/mol. The molecule has 1 fully saturated rings. The van der Waals surface area contributed by atoms with Crippen LogP contribution in [-0.2, 0) is 9.59 Å². The van der Waals surface area contributed by atoms with Crippen molar-refractivity contribution < 1.29 is 9.59 Å². The molecule has 0 saturated heterocycles. The maximum absolute atomic E-state index is 12.1. The van der Waals surface area contributed by atoms with E-state index in [9.17, 15) is 9.59 Å². The first kappa shape index (κ1) is 23.2. The van der Waals surface area contributed by atoms with Crippen LogP contribution in [0, 0.1) is 11.3 Å². The van der Waals surface area contributed by atoms with Gasteiger partial charge in [0.1, 0.15) is 0 Å². The Morgan fingerprint density at radius 2 is 1.59 bits per heavy atom. The third kappa shape index (κ3) is 6.37. The first-order valence-corrected chi connectivity index (χ1v) is 9.10. The Bertz CT molecular complexity index is 297. The highest BCUT2D eigenvalue weighted by molar-refractivity contribution is 5.90. The van der Waals surface area contributed by atoms with E-state index in [4.69, 9.17) is 5.73 Å². The Morgan fingerprint density at radius 1 is 1.09 bits per heavy atom. The lowest BCUT2D eigenvalue weighted by molar-refractivity contribution is -0.140. The van der Waals surface area contributed by atoms with Gasteiger partial charge in [-0.3, -0.25) is 9.59 Å². The normalized spacial score (nSPS) is 16.5. The molecule has 3 N–H and O–H groups in total. The number of rotatable bonds is 7. The molecule has 4 heteroatoms. The van der Waals surface area contributed by atoms with E-state index in [1.165, 1.54) is 0 Å². The average molecular weight is 315 g/mol. The van der Waals surface area contributed by atoms with Gasteiger partial charge in [0, 0.05) is 7.05 Å². The molecule has 1 atom stereocenters. The molecule has 4 nitrogen and oxygen atoms in total. The van der Waals surface area contributed by atoms with Crippen LogP contribution in [0.2, 0.25) is 0 Å². The summed E-state index contributed by atoms with van der Waals surface area (Å²) in [7, 11) is 1.64. The smallest absolute Gasteiger partial charge is 0.224 e. The van der Waals surface area contributed by atoms with E-state index in [0.717, 1.165) is 51.4 Å². The molecule has 0 bridgehead atoms. The van der Waals surface area contributed by atoms with Crippen molar-refractivity contribution in [2.75, 3.05) is 7.05 Å². The number of nitrogens with one attached hydrogen (secondary N) is 1. The van der Waals surface area contributed by atoms with Gasteiger partial charge in [0.25, 0.3) is 0 Å². The summed E-state index contributed by atoms with van der Waals surface area (Å²) >= 11 is 0. The van der Waals surface area contributed by atoms with Gasteiger partial charge < -0.3 is 11.1 Å². The van der Waals surface area contributed by atoms with Gasteiger partial charge in [0.15, 0.2) is 0 Å². The minimum absolute atomic E-state index is 0.0215. The maximum atomic E-state index is 12.1. The maximum Gasteiger partial charge on any atom is 0.224 e. The number of hydrogen-bond donors (Lipinski definition) is 2. The topological polar surface area (TPSA) is 72.2 Å². The van der Waals surface area contributed by atoms with E-state index in [1.807, 2.05) is 27.7 Å². The summed E-state index contributed by atoms with van der Waals surface area (Å²) in [6.07, 6.45) is 7.53. The van der Waals surface area contributed by atoms with Crippen LogP contribution in [0.4, 0.5) is 0 Å². The number of unbranched alkanes of at least 4 members (excludes halogenated alkanes) is 2. The molecule has 132 valence electrons. The molecule has 1 aliphatic carbocycles. The number of hydrogen-bond acceptors (Lipinski definition) is 2. The summed E-state index contributed by atoms with van der Waals surface area (Å²) in [4.78, 5) is 23.9. The largest absolute Gasteiger partial charge is 0.369 e. The average Bonchev–Trinajstić information content (AvgIpc) is 3.05. The SMILES string of the molecule is CC.CC.CCCCC[C@@H](C(=O)NC)C1(C(N)=O)CCCC1. The van der Waals surface area contributed by atoms with Gasteiger partial charge in [-0.2, -0.15) is 0 Å². The van der Waals surface area contributed by atoms with Crippen molar-refractivity contribution in [1.82, 2.24) is 5.32 Å². The lowest BCUT2D eigenvalue weighted by Gasteiger charge is -2.33. The lowest BCUT2D eigenvalue weighted by Crippen LogP contribution is -2.47. The van der Waals surface area contributed by atoms with Crippen LogP contribution in [0.5, 0.6) is 0 Å². The second-order valence-electron chi connectivity index (χ2n) is 5.39.